The Morgan fingerprint density at radius 2 is 0.860 bits per heavy atom. The minimum absolute atomic E-state index is 0.0156. The van der Waals surface area contributed by atoms with Gasteiger partial charge in [-0.3, -0.25) is 57.5 Å². The summed E-state index contributed by atoms with van der Waals surface area (Å²) in [5, 5.41) is 26.9. The topological polar surface area (TPSA) is 424 Å². The molecule has 534 valence electrons. The summed E-state index contributed by atoms with van der Waals surface area (Å²) in [4.78, 5) is 174. The molecule has 1 saturated heterocycles. The standard InChI is InChI=1S/C65H86N22O13/c1-65(2,3)100-53(92)18-12-10-13-29-87-30-26-66-54(87)63(98)72-41-32-44(81(5)35-41)59(94)68-23-20-51(90)75-47-38-85(9)57(77-47)64(99)73-42-33-43(80(4)36-42)58(93)67-22-16-17-49(88)74-46-37-83(7)55(76-46)61(96)69-24-19-50(89)71-40-31-45(82(6)34-40)60(95)79-48-39-84(8)56(78-48)62(97)70-25-21-52(91)86-27-14-11-15-28-86/h26,30-39H,10-25,27-29H2,1-9H3,(H,67,93)(H,68,94)(H,69,96)(H,70,97)(H,71,89)(H,72,98)(H,73,99)(H,74,88)(H,75,90)(H,79,95). The molecule has 0 aromatic carbocycles. The fourth-order valence-electron chi connectivity index (χ4n) is 10.8. The summed E-state index contributed by atoms with van der Waals surface area (Å²) >= 11 is 0. The van der Waals surface area contributed by atoms with Crippen molar-refractivity contribution < 1.29 is 62.3 Å². The number of ether oxygens (including phenoxy) is 1. The van der Waals surface area contributed by atoms with Gasteiger partial charge in [-0.1, -0.05) is 6.42 Å². The van der Waals surface area contributed by atoms with E-state index in [1.54, 1.807) is 64.1 Å². The minimum atomic E-state index is -0.642. The molecule has 35 heteroatoms. The van der Waals surface area contributed by atoms with Gasteiger partial charge in [-0.2, -0.15) is 0 Å². The number of amides is 11. The first-order valence-corrected chi connectivity index (χ1v) is 32.6. The highest BCUT2D eigenvalue weighted by Gasteiger charge is 2.25. The number of rotatable bonds is 32. The van der Waals surface area contributed by atoms with Crippen LogP contribution in [-0.4, -0.2) is 173 Å². The molecule has 0 unspecified atom stereocenters. The summed E-state index contributed by atoms with van der Waals surface area (Å²) in [5.41, 5.74) is 0.980. The Labute approximate surface area is 575 Å². The van der Waals surface area contributed by atoms with Crippen LogP contribution in [-0.2, 0) is 77.5 Å². The first kappa shape index (κ1) is 74.1. The second-order valence-corrected chi connectivity index (χ2v) is 25.0. The van der Waals surface area contributed by atoms with Crippen LogP contribution in [0.4, 0.5) is 34.5 Å². The SMILES string of the molecule is Cn1cc(NC(=O)c2nc(NC(=O)CCNC(=O)c3cc(NC(=O)c4nccn4CCCCCC(=O)OC(C)(C)C)cn3C)cn2C)cc1C(=O)NCCCC(=O)Nc1cn(C)c(C(=O)NCCC(=O)Nc2cc(C(=O)Nc3cn(C)c(C(=O)NCCC(=O)N4CCCCC4)n3)n(C)c2)n1. The van der Waals surface area contributed by atoms with E-state index in [9.17, 15) is 57.5 Å². The average Bonchev–Trinajstić information content (AvgIpc) is 1.70. The van der Waals surface area contributed by atoms with E-state index in [-0.39, 0.29) is 134 Å². The molecule has 10 N–H and O–H groups in total. The van der Waals surface area contributed by atoms with Gasteiger partial charge < -0.3 is 94.8 Å². The second-order valence-electron chi connectivity index (χ2n) is 25.0. The van der Waals surface area contributed by atoms with Crippen molar-refractivity contribution in [1.29, 1.82) is 0 Å². The van der Waals surface area contributed by atoms with Gasteiger partial charge in [0.25, 0.3) is 41.4 Å². The zero-order chi connectivity index (χ0) is 72.4. The number of esters is 1. The maximum absolute atomic E-state index is 13.4. The molecule has 8 rings (SSSR count). The smallest absolute Gasteiger partial charge is 0.306 e. The molecule has 100 heavy (non-hydrogen) atoms. The Morgan fingerprint density at radius 1 is 0.420 bits per heavy atom. The number of likely N-dealkylation sites (tertiary alicyclic amines) is 1. The molecule has 8 heterocycles. The van der Waals surface area contributed by atoms with E-state index in [1.807, 2.05) is 20.8 Å². The van der Waals surface area contributed by atoms with Crippen LogP contribution in [0.3, 0.4) is 0 Å². The summed E-state index contributed by atoms with van der Waals surface area (Å²) in [7, 11) is 9.56. The Morgan fingerprint density at radius 3 is 1.39 bits per heavy atom. The van der Waals surface area contributed by atoms with Crippen molar-refractivity contribution in [2.45, 2.75) is 110 Å². The molecule has 7 aromatic rings. The third-order valence-electron chi connectivity index (χ3n) is 15.6. The molecular formula is C65H86N22O13. The number of carbonyl (C=O) groups is 12. The number of carbonyl (C=O) groups excluding carboxylic acids is 12. The van der Waals surface area contributed by atoms with Gasteiger partial charge in [-0.15, -0.1) is 0 Å². The van der Waals surface area contributed by atoms with Gasteiger partial charge in [-0.25, -0.2) is 19.9 Å². The number of imidazole rings is 4. The first-order valence-electron chi connectivity index (χ1n) is 32.6. The fourth-order valence-corrected chi connectivity index (χ4v) is 10.8. The lowest BCUT2D eigenvalue weighted by Gasteiger charge is -2.26. The van der Waals surface area contributed by atoms with Crippen LogP contribution in [0.5, 0.6) is 0 Å². The van der Waals surface area contributed by atoms with Crippen molar-refractivity contribution in [3.05, 3.63) is 108 Å². The molecule has 0 atom stereocenters. The molecule has 1 aliphatic heterocycles. The maximum atomic E-state index is 13.4. The lowest BCUT2D eigenvalue weighted by Crippen LogP contribution is -2.38. The summed E-state index contributed by atoms with van der Waals surface area (Å²) in [6.07, 6.45) is 17.7. The molecular weight excluding hydrogens is 1300 g/mol. The Kier molecular flexibility index (Phi) is 25.2. The number of anilines is 6. The Hall–Kier alpha value is -11.7. The van der Waals surface area contributed by atoms with E-state index in [0.717, 1.165) is 38.8 Å². The van der Waals surface area contributed by atoms with Crippen LogP contribution >= 0.6 is 0 Å². The van der Waals surface area contributed by atoms with Crippen molar-refractivity contribution in [2.24, 2.45) is 42.3 Å². The summed E-state index contributed by atoms with van der Waals surface area (Å²) < 4.78 is 15.9. The van der Waals surface area contributed by atoms with Crippen molar-refractivity contribution in [2.75, 3.05) is 71.2 Å². The highest BCUT2D eigenvalue weighted by atomic mass is 16.6. The Balaban J connectivity index is 0.686. The third kappa shape index (κ3) is 21.2. The average molecular weight is 1380 g/mol. The van der Waals surface area contributed by atoms with Crippen molar-refractivity contribution in [3.8, 4) is 0 Å². The minimum Gasteiger partial charge on any atom is -0.460 e. The molecule has 7 aromatic heterocycles. The Bertz CT molecular complexity index is 4180. The van der Waals surface area contributed by atoms with E-state index >= 15 is 0 Å². The van der Waals surface area contributed by atoms with Crippen LogP contribution in [0, 0.1) is 0 Å². The van der Waals surface area contributed by atoms with Crippen LogP contribution in [0.2, 0.25) is 0 Å². The largest absolute Gasteiger partial charge is 0.460 e. The number of hydrogen-bond donors (Lipinski definition) is 10. The van der Waals surface area contributed by atoms with Gasteiger partial charge in [-0.05, 0) is 77.5 Å². The van der Waals surface area contributed by atoms with Crippen LogP contribution < -0.4 is 53.2 Å². The lowest BCUT2D eigenvalue weighted by atomic mass is 10.1. The van der Waals surface area contributed by atoms with Crippen molar-refractivity contribution >= 4 is 105 Å². The van der Waals surface area contributed by atoms with Gasteiger partial charge in [0.05, 0.1) is 17.1 Å². The molecule has 0 bridgehead atoms. The second kappa shape index (κ2) is 34.0. The van der Waals surface area contributed by atoms with Gasteiger partial charge >= 0.3 is 5.97 Å². The van der Waals surface area contributed by atoms with E-state index in [2.05, 4.69) is 73.1 Å². The fraction of sp³-hybridized carbons (Fsp3) is 0.446. The summed E-state index contributed by atoms with van der Waals surface area (Å²) in [6.45, 7) is 7.53. The molecule has 35 nitrogen and oxygen atoms in total. The summed E-state index contributed by atoms with van der Waals surface area (Å²) in [6, 6.07) is 4.41. The molecule has 1 fully saturated rings. The number of aromatic nitrogens is 11. The zero-order valence-corrected chi connectivity index (χ0v) is 57.5. The molecule has 0 saturated carbocycles. The quantitative estimate of drug-likeness (QED) is 0.0213. The van der Waals surface area contributed by atoms with Crippen LogP contribution in [0.15, 0.2) is 67.8 Å². The van der Waals surface area contributed by atoms with E-state index in [1.165, 1.54) is 82.8 Å². The van der Waals surface area contributed by atoms with Gasteiger partial charge in [0.2, 0.25) is 41.1 Å². The zero-order valence-electron chi connectivity index (χ0n) is 57.5. The predicted molar refractivity (Wildman–Crippen MR) is 365 cm³/mol. The molecule has 1 aliphatic rings. The maximum Gasteiger partial charge on any atom is 0.306 e. The van der Waals surface area contributed by atoms with E-state index in [0.29, 0.717) is 37.2 Å². The highest BCUT2D eigenvalue weighted by molar-refractivity contribution is 6.06. The summed E-state index contributed by atoms with van der Waals surface area (Å²) in [5.74, 6) is -5.04. The number of nitrogens with zero attached hydrogens (tertiary/aromatic N) is 12. The monoisotopic (exact) mass is 1380 g/mol. The lowest BCUT2D eigenvalue weighted by molar-refractivity contribution is -0.155. The first-order chi connectivity index (χ1) is 47.6. The van der Waals surface area contributed by atoms with Gasteiger partial charge in [0.1, 0.15) is 22.7 Å². The number of hydrogen-bond acceptors (Lipinski definition) is 17. The number of aryl methyl sites for hydroxylation is 7. The normalized spacial score (nSPS) is 12.1. The number of piperidine rings is 1. The number of nitrogens with one attached hydrogen (secondary N) is 10. The van der Waals surface area contributed by atoms with Crippen LogP contribution in [0.1, 0.15) is 172 Å². The van der Waals surface area contributed by atoms with Gasteiger partial charge in [0.15, 0.2) is 23.3 Å². The van der Waals surface area contributed by atoms with Crippen molar-refractivity contribution in [1.82, 2.24) is 78.1 Å². The van der Waals surface area contributed by atoms with E-state index in [4.69, 9.17) is 4.74 Å². The van der Waals surface area contributed by atoms with E-state index < -0.39 is 64.7 Å². The molecule has 0 spiro atoms. The number of unbranched alkanes of at least 4 members (excludes halogenated alkanes) is 2. The van der Waals surface area contributed by atoms with Gasteiger partial charge in [0, 0.05) is 170 Å². The third-order valence-corrected chi connectivity index (χ3v) is 15.6. The molecule has 0 aliphatic carbocycles. The highest BCUT2D eigenvalue weighted by Crippen LogP contribution is 2.21. The molecule has 0 radical (unpaired) electrons. The van der Waals surface area contributed by atoms with Crippen LogP contribution in [0.25, 0.3) is 0 Å². The predicted octanol–water partition coefficient (Wildman–Crippen LogP) is 3.56. The molecule has 11 amide bonds. The van der Waals surface area contributed by atoms with Crippen molar-refractivity contribution in [3.63, 3.8) is 0 Å².